The molecule has 1 amide bonds. The molecule has 0 spiro atoms. The molecule has 0 radical (unpaired) electrons. The summed E-state index contributed by atoms with van der Waals surface area (Å²) in [4.78, 5) is 15.1. The van der Waals surface area contributed by atoms with Gasteiger partial charge in [0.15, 0.2) is 17.2 Å². The molecule has 2 aromatic heterocycles. The fourth-order valence-electron chi connectivity index (χ4n) is 3.58. The lowest BCUT2D eigenvalue weighted by atomic mass is 9.99. The van der Waals surface area contributed by atoms with Crippen molar-refractivity contribution in [2.75, 3.05) is 25.9 Å². The number of methoxy groups -OCH3 is 1. The van der Waals surface area contributed by atoms with E-state index in [9.17, 15) is 9.90 Å². The third kappa shape index (κ3) is 4.77. The van der Waals surface area contributed by atoms with Gasteiger partial charge in [0.2, 0.25) is 11.6 Å². The highest BCUT2D eigenvalue weighted by Gasteiger charge is 2.26. The van der Waals surface area contributed by atoms with Crippen molar-refractivity contribution in [2.24, 2.45) is 11.0 Å². The van der Waals surface area contributed by atoms with E-state index in [1.165, 1.54) is 18.0 Å². The van der Waals surface area contributed by atoms with Crippen molar-refractivity contribution in [1.82, 2.24) is 35.6 Å². The van der Waals surface area contributed by atoms with E-state index in [4.69, 9.17) is 10.5 Å². The van der Waals surface area contributed by atoms with Crippen LogP contribution in [0.1, 0.15) is 41.5 Å². The fraction of sp³-hybridized carbons (Fsp3) is 0.400. The van der Waals surface area contributed by atoms with E-state index in [-0.39, 0.29) is 23.1 Å². The molecule has 3 aromatic rings. The largest absolute Gasteiger partial charge is 0.504 e. The normalized spacial score (nSPS) is 15.2. The molecule has 0 aliphatic carbocycles. The topological polar surface area (TPSA) is 170 Å². The number of hydrogen-bond acceptors (Lipinski definition) is 11. The molecule has 1 aromatic carbocycles. The van der Waals surface area contributed by atoms with E-state index in [1.54, 1.807) is 18.2 Å². The Labute approximate surface area is 189 Å². The molecule has 13 heteroatoms. The highest BCUT2D eigenvalue weighted by Crippen LogP contribution is 2.28. The van der Waals surface area contributed by atoms with Gasteiger partial charge in [0, 0.05) is 12.1 Å². The van der Waals surface area contributed by atoms with Crippen LogP contribution in [0.5, 0.6) is 11.5 Å². The predicted octanol–water partition coefficient (Wildman–Crippen LogP) is 0.942. The summed E-state index contributed by atoms with van der Waals surface area (Å²) in [6.07, 6.45) is 3.43. The number of phenols is 1. The molecule has 1 fully saturated rings. The van der Waals surface area contributed by atoms with Gasteiger partial charge in [-0.3, -0.25) is 9.69 Å². The van der Waals surface area contributed by atoms with Gasteiger partial charge in [-0.2, -0.15) is 9.78 Å². The Morgan fingerprint density at radius 3 is 2.88 bits per heavy atom. The Bertz CT molecular complexity index is 1150. The Morgan fingerprint density at radius 2 is 2.18 bits per heavy atom. The zero-order valence-electron chi connectivity index (χ0n) is 18.3. The fourth-order valence-corrected chi connectivity index (χ4v) is 3.58. The molecule has 4 rings (SSSR count). The number of amides is 1. The Morgan fingerprint density at radius 1 is 1.39 bits per heavy atom. The van der Waals surface area contributed by atoms with Crippen LogP contribution in [0.3, 0.4) is 0 Å². The lowest BCUT2D eigenvalue weighted by Crippen LogP contribution is -2.34. The van der Waals surface area contributed by atoms with Gasteiger partial charge in [0.05, 0.1) is 19.0 Å². The standard InChI is InChI=1S/C20H25N9O4/c1-12-6-8-28(9-7-12)11-14-16(23-27-29(14)19-18(21)25-33-26-19)20(31)24-22-10-13-4-3-5-15(32-2)17(13)30/h3-5,10,12,30H,6-9,11H2,1-2H3,(H2,21,25)(H,24,31). The summed E-state index contributed by atoms with van der Waals surface area (Å²) in [5.74, 6) is 0.488. The van der Waals surface area contributed by atoms with Gasteiger partial charge in [0.25, 0.3) is 5.91 Å². The smallest absolute Gasteiger partial charge is 0.293 e. The van der Waals surface area contributed by atoms with Gasteiger partial charge in [-0.15, -0.1) is 5.10 Å². The number of phenolic OH excluding ortho intramolecular Hbond substituents is 1. The second-order valence-corrected chi connectivity index (χ2v) is 7.83. The minimum absolute atomic E-state index is 0.0342. The number of benzene rings is 1. The van der Waals surface area contributed by atoms with Gasteiger partial charge in [-0.25, -0.2) is 10.1 Å². The van der Waals surface area contributed by atoms with Gasteiger partial charge in [0.1, 0.15) is 0 Å². The number of carbonyl (C=O) groups is 1. The number of piperidine rings is 1. The molecular weight excluding hydrogens is 430 g/mol. The first kappa shape index (κ1) is 22.2. The number of nitrogens with zero attached hydrogens (tertiary/aromatic N) is 7. The van der Waals surface area contributed by atoms with Crippen LogP contribution in [0.2, 0.25) is 0 Å². The number of nitrogen functional groups attached to an aromatic ring is 1. The van der Waals surface area contributed by atoms with Crippen molar-refractivity contribution in [1.29, 1.82) is 0 Å². The minimum Gasteiger partial charge on any atom is -0.504 e. The van der Waals surface area contributed by atoms with Crippen LogP contribution in [-0.2, 0) is 6.54 Å². The maximum atomic E-state index is 12.9. The van der Waals surface area contributed by atoms with E-state index in [0.717, 1.165) is 25.9 Å². The van der Waals surface area contributed by atoms with Crippen molar-refractivity contribution in [3.05, 3.63) is 35.2 Å². The molecule has 1 aliphatic heterocycles. The highest BCUT2D eigenvalue weighted by atomic mass is 16.6. The predicted molar refractivity (Wildman–Crippen MR) is 117 cm³/mol. The van der Waals surface area contributed by atoms with E-state index >= 15 is 0 Å². The summed E-state index contributed by atoms with van der Waals surface area (Å²) in [5, 5.41) is 29.5. The Kier molecular flexibility index (Phi) is 6.49. The second kappa shape index (κ2) is 9.65. The first-order valence-corrected chi connectivity index (χ1v) is 10.4. The average Bonchev–Trinajstić information content (AvgIpc) is 3.42. The number of rotatable bonds is 7. The highest BCUT2D eigenvalue weighted by molar-refractivity contribution is 5.94. The van der Waals surface area contributed by atoms with Crippen LogP contribution >= 0.6 is 0 Å². The number of anilines is 1. The molecule has 4 N–H and O–H groups in total. The van der Waals surface area contributed by atoms with Crippen LogP contribution in [-0.4, -0.2) is 67.6 Å². The Hall–Kier alpha value is -4.00. The molecule has 33 heavy (non-hydrogen) atoms. The Balaban J connectivity index is 1.57. The van der Waals surface area contributed by atoms with Crippen molar-refractivity contribution in [3.63, 3.8) is 0 Å². The van der Waals surface area contributed by atoms with Gasteiger partial charge in [-0.05, 0) is 54.3 Å². The quantitative estimate of drug-likeness (QED) is 0.344. The zero-order chi connectivity index (χ0) is 23.4. The van der Waals surface area contributed by atoms with E-state index in [2.05, 4.69) is 47.6 Å². The third-order valence-corrected chi connectivity index (χ3v) is 5.54. The number of para-hydroxylation sites is 1. The van der Waals surface area contributed by atoms with Crippen molar-refractivity contribution in [3.8, 4) is 17.3 Å². The molecule has 1 saturated heterocycles. The average molecular weight is 455 g/mol. The number of aromatic hydroxyl groups is 1. The summed E-state index contributed by atoms with van der Waals surface area (Å²) in [6.45, 7) is 4.40. The number of nitrogens with two attached hydrogens (primary N) is 1. The van der Waals surface area contributed by atoms with Gasteiger partial charge < -0.3 is 15.6 Å². The minimum atomic E-state index is -0.574. The monoisotopic (exact) mass is 455 g/mol. The summed E-state index contributed by atoms with van der Waals surface area (Å²) in [5.41, 5.74) is 9.20. The zero-order valence-corrected chi connectivity index (χ0v) is 18.3. The van der Waals surface area contributed by atoms with Crippen molar-refractivity contribution < 1.29 is 19.3 Å². The molecule has 13 nitrogen and oxygen atoms in total. The number of hydrogen-bond donors (Lipinski definition) is 3. The maximum absolute atomic E-state index is 12.9. The van der Waals surface area contributed by atoms with E-state index < -0.39 is 5.91 Å². The number of likely N-dealkylation sites (tertiary alicyclic amines) is 1. The molecule has 174 valence electrons. The number of nitrogens with one attached hydrogen (secondary N) is 1. The van der Waals surface area contributed by atoms with E-state index in [0.29, 0.717) is 29.5 Å². The number of hydrazone groups is 1. The molecule has 0 unspecified atom stereocenters. The second-order valence-electron chi connectivity index (χ2n) is 7.83. The lowest BCUT2D eigenvalue weighted by Gasteiger charge is -2.30. The summed E-state index contributed by atoms with van der Waals surface area (Å²) >= 11 is 0. The number of aromatic nitrogens is 5. The summed E-state index contributed by atoms with van der Waals surface area (Å²) in [6, 6.07) is 4.94. The van der Waals surface area contributed by atoms with Gasteiger partial charge in [-0.1, -0.05) is 18.2 Å². The maximum Gasteiger partial charge on any atom is 0.293 e. The molecule has 3 heterocycles. The molecular formula is C20H25N9O4. The molecule has 1 aliphatic rings. The van der Waals surface area contributed by atoms with Crippen LogP contribution in [0.4, 0.5) is 5.82 Å². The SMILES string of the molecule is COc1cccc(C=NNC(=O)c2nnn(-c3nonc3N)c2CN2CCC(C)CC2)c1O. The van der Waals surface area contributed by atoms with Crippen LogP contribution in [0, 0.1) is 5.92 Å². The van der Waals surface area contributed by atoms with Crippen LogP contribution < -0.4 is 15.9 Å². The first-order valence-electron chi connectivity index (χ1n) is 10.4. The van der Waals surface area contributed by atoms with Gasteiger partial charge >= 0.3 is 0 Å². The van der Waals surface area contributed by atoms with Crippen molar-refractivity contribution >= 4 is 17.9 Å². The third-order valence-electron chi connectivity index (χ3n) is 5.54. The number of carbonyl (C=O) groups excluding carboxylic acids is 1. The van der Waals surface area contributed by atoms with Crippen LogP contribution in [0.25, 0.3) is 5.82 Å². The van der Waals surface area contributed by atoms with Crippen LogP contribution in [0.15, 0.2) is 27.9 Å². The lowest BCUT2D eigenvalue weighted by molar-refractivity contribution is 0.0946. The van der Waals surface area contributed by atoms with E-state index in [1.807, 2.05) is 0 Å². The summed E-state index contributed by atoms with van der Waals surface area (Å²) in [7, 11) is 1.45. The first-order chi connectivity index (χ1) is 16.0. The molecule has 0 bridgehead atoms. The molecule has 0 saturated carbocycles. The van der Waals surface area contributed by atoms with Crippen molar-refractivity contribution in [2.45, 2.75) is 26.3 Å². The summed E-state index contributed by atoms with van der Waals surface area (Å²) < 4.78 is 11.1. The number of ether oxygens (including phenoxy) is 1. The molecule has 0 atom stereocenters.